The minimum absolute atomic E-state index is 0.0985. The van der Waals surface area contributed by atoms with Gasteiger partial charge in [-0.15, -0.1) is 0 Å². The Hall–Kier alpha value is -2.18. The number of rotatable bonds is 5. The van der Waals surface area contributed by atoms with Gasteiger partial charge < -0.3 is 10.0 Å². The number of aliphatic hydroxyl groups excluding tert-OH is 1. The molecule has 24 heavy (non-hydrogen) atoms. The summed E-state index contributed by atoms with van der Waals surface area (Å²) in [6.07, 6.45) is 3.15. The lowest BCUT2D eigenvalue weighted by Crippen LogP contribution is -2.50. The first-order valence-electron chi connectivity index (χ1n) is 8.34. The zero-order valence-corrected chi connectivity index (χ0v) is 14.0. The summed E-state index contributed by atoms with van der Waals surface area (Å²) in [7, 11) is 0. The summed E-state index contributed by atoms with van der Waals surface area (Å²) in [4.78, 5) is 16.4. The predicted molar refractivity (Wildman–Crippen MR) is 91.4 cm³/mol. The van der Waals surface area contributed by atoms with Gasteiger partial charge in [-0.25, -0.2) is 0 Å². The molecule has 0 radical (unpaired) electrons. The van der Waals surface area contributed by atoms with E-state index in [9.17, 15) is 9.90 Å². The lowest BCUT2D eigenvalue weighted by atomic mass is 10.1. The summed E-state index contributed by atoms with van der Waals surface area (Å²) in [5.74, 6) is 0.0985. The van der Waals surface area contributed by atoms with E-state index in [-0.39, 0.29) is 5.91 Å². The second kappa shape index (κ2) is 7.59. The largest absolute Gasteiger partial charge is 0.387 e. The highest BCUT2D eigenvalue weighted by molar-refractivity contribution is 5.76. The third-order valence-corrected chi connectivity index (χ3v) is 4.40. The smallest absolute Gasteiger partial charge is 0.244 e. The zero-order chi connectivity index (χ0) is 16.9. The van der Waals surface area contributed by atoms with Crippen molar-refractivity contribution < 1.29 is 9.90 Å². The van der Waals surface area contributed by atoms with Crippen LogP contribution in [0.3, 0.4) is 0 Å². The van der Waals surface area contributed by atoms with E-state index in [0.717, 1.165) is 24.2 Å². The van der Waals surface area contributed by atoms with Crippen LogP contribution in [0, 0.1) is 6.92 Å². The molecule has 0 bridgehead atoms. The second-order valence-electron chi connectivity index (χ2n) is 6.32. The van der Waals surface area contributed by atoms with Crippen molar-refractivity contribution in [2.45, 2.75) is 19.6 Å². The maximum Gasteiger partial charge on any atom is 0.244 e. The number of hydrogen-bond donors (Lipinski definition) is 1. The van der Waals surface area contributed by atoms with Gasteiger partial charge in [0.2, 0.25) is 5.91 Å². The molecule has 1 fully saturated rings. The molecule has 128 valence electrons. The van der Waals surface area contributed by atoms with Crippen LogP contribution >= 0.6 is 0 Å². The van der Waals surface area contributed by atoms with Crippen molar-refractivity contribution in [3.05, 3.63) is 53.9 Å². The first kappa shape index (κ1) is 16.7. The van der Waals surface area contributed by atoms with Crippen LogP contribution in [0.15, 0.2) is 42.7 Å². The Labute approximate surface area is 142 Å². The standard InChI is InChI=1S/C18H24N4O2/c1-15-11-19-22(12-15)14-18(24)21-9-7-20(8-10-21)13-17(23)16-5-3-2-4-6-16/h2-6,11-12,17,23H,7-10,13-14H2,1H3/t17-/m0/s1. The van der Waals surface area contributed by atoms with Crippen LogP contribution in [0.1, 0.15) is 17.2 Å². The SMILES string of the molecule is Cc1cnn(CC(=O)N2CCN(C[C@H](O)c3ccccc3)CC2)c1. The van der Waals surface area contributed by atoms with E-state index in [1.807, 2.05) is 48.4 Å². The molecule has 2 aromatic rings. The van der Waals surface area contributed by atoms with Gasteiger partial charge in [0.05, 0.1) is 12.3 Å². The lowest BCUT2D eigenvalue weighted by molar-refractivity contribution is -0.133. The first-order chi connectivity index (χ1) is 11.6. The van der Waals surface area contributed by atoms with Gasteiger partial charge in [-0.05, 0) is 18.1 Å². The minimum atomic E-state index is -0.486. The quantitative estimate of drug-likeness (QED) is 0.892. The molecule has 1 aliphatic heterocycles. The van der Waals surface area contributed by atoms with Crippen molar-refractivity contribution >= 4 is 5.91 Å². The topological polar surface area (TPSA) is 61.6 Å². The Morgan fingerprint density at radius 2 is 1.92 bits per heavy atom. The van der Waals surface area contributed by atoms with Gasteiger partial charge in [0.15, 0.2) is 0 Å². The van der Waals surface area contributed by atoms with Gasteiger partial charge in [-0.1, -0.05) is 30.3 Å². The van der Waals surface area contributed by atoms with Crippen molar-refractivity contribution in [2.75, 3.05) is 32.7 Å². The average molecular weight is 328 g/mol. The lowest BCUT2D eigenvalue weighted by Gasteiger charge is -2.35. The molecule has 3 rings (SSSR count). The third-order valence-electron chi connectivity index (χ3n) is 4.40. The van der Waals surface area contributed by atoms with Crippen LogP contribution in [0.5, 0.6) is 0 Å². The van der Waals surface area contributed by atoms with Crippen LogP contribution in [-0.2, 0) is 11.3 Å². The number of aliphatic hydroxyl groups is 1. The molecule has 1 aliphatic rings. The third kappa shape index (κ3) is 4.21. The summed E-state index contributed by atoms with van der Waals surface area (Å²) < 4.78 is 1.68. The van der Waals surface area contributed by atoms with Crippen molar-refractivity contribution in [1.82, 2.24) is 19.6 Å². The van der Waals surface area contributed by atoms with E-state index < -0.39 is 6.10 Å². The molecular formula is C18H24N4O2. The first-order valence-corrected chi connectivity index (χ1v) is 8.34. The molecule has 1 aromatic carbocycles. The molecule has 1 aromatic heterocycles. The van der Waals surface area contributed by atoms with E-state index in [1.54, 1.807) is 10.9 Å². The summed E-state index contributed by atoms with van der Waals surface area (Å²) in [6, 6.07) is 9.70. The Morgan fingerprint density at radius 3 is 2.54 bits per heavy atom. The van der Waals surface area contributed by atoms with E-state index in [2.05, 4.69) is 10.00 Å². The number of β-amino-alcohol motifs (C(OH)–C–C–N with tert-alkyl or cyclic N) is 1. The predicted octanol–water partition coefficient (Wildman–Crippen LogP) is 1.07. The molecule has 0 saturated carbocycles. The fourth-order valence-corrected chi connectivity index (χ4v) is 3.00. The van der Waals surface area contributed by atoms with Crippen molar-refractivity contribution in [3.63, 3.8) is 0 Å². The van der Waals surface area contributed by atoms with Gasteiger partial charge in [0.1, 0.15) is 6.54 Å². The molecule has 1 atom stereocenters. The molecule has 1 N–H and O–H groups in total. The Bertz CT molecular complexity index is 663. The molecule has 0 spiro atoms. The molecule has 6 nitrogen and oxygen atoms in total. The number of amides is 1. The van der Waals surface area contributed by atoms with Crippen LogP contribution in [0.4, 0.5) is 0 Å². The van der Waals surface area contributed by atoms with Crippen LogP contribution in [0.25, 0.3) is 0 Å². The van der Waals surface area contributed by atoms with Gasteiger partial charge in [-0.3, -0.25) is 14.4 Å². The average Bonchev–Trinajstić information content (AvgIpc) is 3.01. The molecular weight excluding hydrogens is 304 g/mol. The maximum absolute atomic E-state index is 12.3. The Morgan fingerprint density at radius 1 is 1.21 bits per heavy atom. The molecule has 1 saturated heterocycles. The maximum atomic E-state index is 12.3. The normalized spacial score (nSPS) is 17.0. The summed E-state index contributed by atoms with van der Waals surface area (Å²) in [5.41, 5.74) is 1.99. The van der Waals surface area contributed by atoms with E-state index in [1.165, 1.54) is 0 Å². The number of benzene rings is 1. The zero-order valence-electron chi connectivity index (χ0n) is 14.0. The monoisotopic (exact) mass is 328 g/mol. The van der Waals surface area contributed by atoms with E-state index in [0.29, 0.717) is 26.2 Å². The van der Waals surface area contributed by atoms with E-state index in [4.69, 9.17) is 0 Å². The number of carbonyl (C=O) groups excluding carboxylic acids is 1. The minimum Gasteiger partial charge on any atom is -0.387 e. The molecule has 2 heterocycles. The highest BCUT2D eigenvalue weighted by Crippen LogP contribution is 2.15. The number of hydrogen-bond acceptors (Lipinski definition) is 4. The highest BCUT2D eigenvalue weighted by atomic mass is 16.3. The summed E-state index contributed by atoms with van der Waals surface area (Å²) >= 11 is 0. The van der Waals surface area contributed by atoms with E-state index >= 15 is 0 Å². The number of aryl methyl sites for hydroxylation is 1. The van der Waals surface area contributed by atoms with Gasteiger partial charge in [0.25, 0.3) is 0 Å². The van der Waals surface area contributed by atoms with Crippen molar-refractivity contribution in [1.29, 1.82) is 0 Å². The van der Waals surface area contributed by atoms with Gasteiger partial charge in [0, 0.05) is 38.9 Å². The highest BCUT2D eigenvalue weighted by Gasteiger charge is 2.23. The second-order valence-corrected chi connectivity index (χ2v) is 6.32. The Balaban J connectivity index is 1.46. The van der Waals surface area contributed by atoms with Crippen LogP contribution in [-0.4, -0.2) is 63.3 Å². The number of piperazine rings is 1. The van der Waals surface area contributed by atoms with Gasteiger partial charge >= 0.3 is 0 Å². The number of carbonyl (C=O) groups is 1. The fraction of sp³-hybridized carbons (Fsp3) is 0.444. The summed E-state index contributed by atoms with van der Waals surface area (Å²) in [5, 5.41) is 14.5. The number of nitrogens with zero attached hydrogens (tertiary/aromatic N) is 4. The van der Waals surface area contributed by atoms with Gasteiger partial charge in [-0.2, -0.15) is 5.10 Å². The van der Waals surface area contributed by atoms with Crippen LogP contribution in [0.2, 0.25) is 0 Å². The van der Waals surface area contributed by atoms with Crippen molar-refractivity contribution in [3.8, 4) is 0 Å². The molecule has 6 heteroatoms. The fourth-order valence-electron chi connectivity index (χ4n) is 3.00. The molecule has 0 unspecified atom stereocenters. The van der Waals surface area contributed by atoms with Crippen LogP contribution < -0.4 is 0 Å². The Kier molecular flexibility index (Phi) is 5.27. The summed E-state index contributed by atoms with van der Waals surface area (Å²) in [6.45, 7) is 5.82. The van der Waals surface area contributed by atoms with Crippen molar-refractivity contribution in [2.24, 2.45) is 0 Å². The number of aromatic nitrogens is 2. The molecule has 0 aliphatic carbocycles. The molecule has 1 amide bonds.